The van der Waals surface area contributed by atoms with Crippen LogP contribution in [0.25, 0.3) is 0 Å². The zero-order valence-electron chi connectivity index (χ0n) is 13.4. The zero-order chi connectivity index (χ0) is 16.6. The van der Waals surface area contributed by atoms with Crippen molar-refractivity contribution in [3.8, 4) is 0 Å². The first kappa shape index (κ1) is 16.5. The molecule has 1 aliphatic heterocycles. The number of nitrogens with one attached hydrogen (secondary N) is 1. The topological polar surface area (TPSA) is 76.8 Å². The maximum atomic E-state index is 12.2. The van der Waals surface area contributed by atoms with Crippen LogP contribution in [0, 0.1) is 0 Å². The summed E-state index contributed by atoms with van der Waals surface area (Å²) in [4.78, 5) is 17.7. The van der Waals surface area contributed by atoms with Gasteiger partial charge in [0.1, 0.15) is 12.4 Å². The Bertz CT molecular complexity index is 618. The molecule has 2 aromatic rings. The summed E-state index contributed by atoms with van der Waals surface area (Å²) < 4.78 is 16.2. The van der Waals surface area contributed by atoms with Crippen molar-refractivity contribution in [2.24, 2.45) is 0 Å². The molecule has 1 aliphatic rings. The molecular formula is C17H21N3O4. The first-order valence-corrected chi connectivity index (χ1v) is 7.96. The van der Waals surface area contributed by atoms with Crippen molar-refractivity contribution in [2.45, 2.75) is 19.3 Å². The van der Waals surface area contributed by atoms with E-state index in [1.54, 1.807) is 11.1 Å². The third-order valence-corrected chi connectivity index (χ3v) is 3.76. The molecule has 24 heavy (non-hydrogen) atoms. The van der Waals surface area contributed by atoms with Crippen molar-refractivity contribution in [1.29, 1.82) is 0 Å². The second-order valence-corrected chi connectivity index (χ2v) is 5.58. The predicted molar refractivity (Wildman–Crippen MR) is 86.1 cm³/mol. The zero-order valence-corrected chi connectivity index (χ0v) is 13.4. The van der Waals surface area contributed by atoms with E-state index >= 15 is 0 Å². The fraction of sp³-hybridized carbons (Fsp3) is 0.412. The molecule has 0 spiro atoms. The molecule has 7 heteroatoms. The van der Waals surface area contributed by atoms with Gasteiger partial charge in [-0.25, -0.2) is 9.78 Å². The van der Waals surface area contributed by atoms with Gasteiger partial charge in [0.2, 0.25) is 0 Å². The maximum absolute atomic E-state index is 12.2. The number of amides is 1. The Balaban J connectivity index is 1.40. The number of rotatable bonds is 6. The van der Waals surface area contributed by atoms with Crippen molar-refractivity contribution in [3.05, 3.63) is 54.2 Å². The Morgan fingerprint density at radius 1 is 1.38 bits per heavy atom. The van der Waals surface area contributed by atoms with E-state index in [4.69, 9.17) is 13.9 Å². The fourth-order valence-corrected chi connectivity index (χ4v) is 2.51. The third-order valence-electron chi connectivity index (χ3n) is 3.76. The quantitative estimate of drug-likeness (QED) is 0.870. The molecular weight excluding hydrogens is 310 g/mol. The van der Waals surface area contributed by atoms with E-state index in [9.17, 15) is 4.79 Å². The first-order chi connectivity index (χ1) is 11.8. The van der Waals surface area contributed by atoms with Gasteiger partial charge in [-0.3, -0.25) is 0 Å². The molecule has 1 aromatic carbocycles. The average Bonchev–Trinajstić information content (AvgIpc) is 3.14. The number of nitrogens with zero attached hydrogens (tertiary/aromatic N) is 2. The van der Waals surface area contributed by atoms with Crippen LogP contribution in [-0.4, -0.2) is 48.3 Å². The number of hydrogen-bond acceptors (Lipinski definition) is 6. The molecule has 7 nitrogen and oxygen atoms in total. The van der Waals surface area contributed by atoms with Crippen molar-refractivity contribution >= 4 is 6.09 Å². The summed E-state index contributed by atoms with van der Waals surface area (Å²) in [5.74, 6) is 0.768. The Morgan fingerprint density at radius 3 is 3.04 bits per heavy atom. The van der Waals surface area contributed by atoms with Gasteiger partial charge in [-0.15, -0.1) is 0 Å². The van der Waals surface area contributed by atoms with E-state index in [-0.39, 0.29) is 18.8 Å². The van der Waals surface area contributed by atoms with E-state index in [1.165, 1.54) is 6.39 Å². The summed E-state index contributed by atoms with van der Waals surface area (Å²) in [6, 6.07) is 9.65. The van der Waals surface area contributed by atoms with Crippen molar-refractivity contribution < 1.29 is 18.7 Å². The molecule has 1 saturated heterocycles. The van der Waals surface area contributed by atoms with Crippen LogP contribution in [0.4, 0.5) is 4.79 Å². The van der Waals surface area contributed by atoms with E-state index in [0.717, 1.165) is 11.3 Å². The number of hydrogen-bond donors (Lipinski definition) is 1. The van der Waals surface area contributed by atoms with Crippen molar-refractivity contribution in [2.75, 3.05) is 26.2 Å². The highest BCUT2D eigenvalue weighted by molar-refractivity contribution is 5.67. The van der Waals surface area contributed by atoms with Gasteiger partial charge in [-0.2, -0.15) is 0 Å². The second kappa shape index (κ2) is 8.47. The monoisotopic (exact) mass is 331 g/mol. The average molecular weight is 331 g/mol. The predicted octanol–water partition coefficient (Wildman–Crippen LogP) is 1.80. The highest BCUT2D eigenvalue weighted by atomic mass is 16.6. The molecule has 0 saturated carbocycles. The lowest BCUT2D eigenvalue weighted by atomic mass is 10.2. The van der Waals surface area contributed by atoms with E-state index < -0.39 is 0 Å². The fourth-order valence-electron chi connectivity index (χ4n) is 2.51. The molecule has 0 radical (unpaired) electrons. The minimum absolute atomic E-state index is 0.0639. The normalized spacial score (nSPS) is 17.7. The molecule has 1 fully saturated rings. The summed E-state index contributed by atoms with van der Waals surface area (Å²) in [5.41, 5.74) is 0.976. The number of oxazole rings is 1. The van der Waals surface area contributed by atoms with Crippen LogP contribution in [-0.2, 0) is 22.6 Å². The van der Waals surface area contributed by atoms with Crippen LogP contribution in [0.3, 0.4) is 0 Å². The standard InChI is InChI=1S/C17H21N3O4/c21-17(23-12-14-4-2-1-3-5-14)20-6-7-22-16(11-20)10-18-8-15-9-19-13-24-15/h1-5,9,13,16,18H,6-8,10-12H2. The molecule has 1 aromatic heterocycles. The molecule has 1 amide bonds. The summed E-state index contributed by atoms with van der Waals surface area (Å²) in [5, 5.41) is 3.24. The summed E-state index contributed by atoms with van der Waals surface area (Å²) in [7, 11) is 0. The van der Waals surface area contributed by atoms with E-state index in [0.29, 0.717) is 32.8 Å². The minimum Gasteiger partial charge on any atom is -0.447 e. The van der Waals surface area contributed by atoms with E-state index in [2.05, 4.69) is 10.3 Å². The van der Waals surface area contributed by atoms with Crippen LogP contribution < -0.4 is 5.32 Å². The third kappa shape index (κ3) is 4.81. The summed E-state index contributed by atoms with van der Waals surface area (Å²) in [6.45, 7) is 3.06. The molecule has 3 rings (SSSR count). The smallest absolute Gasteiger partial charge is 0.410 e. The van der Waals surface area contributed by atoms with Crippen molar-refractivity contribution in [1.82, 2.24) is 15.2 Å². The minimum atomic E-state index is -0.303. The maximum Gasteiger partial charge on any atom is 0.410 e. The lowest BCUT2D eigenvalue weighted by molar-refractivity contribution is -0.0272. The van der Waals surface area contributed by atoms with Gasteiger partial charge in [0.15, 0.2) is 6.39 Å². The van der Waals surface area contributed by atoms with Crippen LogP contribution in [0.15, 0.2) is 47.3 Å². The first-order valence-electron chi connectivity index (χ1n) is 7.96. The largest absolute Gasteiger partial charge is 0.447 e. The molecule has 1 N–H and O–H groups in total. The number of carbonyl (C=O) groups excluding carboxylic acids is 1. The lowest BCUT2D eigenvalue weighted by Crippen LogP contribution is -2.49. The lowest BCUT2D eigenvalue weighted by Gasteiger charge is -2.32. The number of ether oxygens (including phenoxy) is 2. The Labute approximate surface area is 140 Å². The molecule has 1 unspecified atom stereocenters. The van der Waals surface area contributed by atoms with Gasteiger partial charge in [-0.1, -0.05) is 30.3 Å². The molecule has 1 atom stereocenters. The van der Waals surface area contributed by atoms with Gasteiger partial charge >= 0.3 is 6.09 Å². The number of aromatic nitrogens is 1. The number of carbonyl (C=O) groups is 1. The van der Waals surface area contributed by atoms with Gasteiger partial charge in [0.25, 0.3) is 0 Å². The second-order valence-electron chi connectivity index (χ2n) is 5.58. The van der Waals surface area contributed by atoms with Crippen LogP contribution in [0.2, 0.25) is 0 Å². The summed E-state index contributed by atoms with van der Waals surface area (Å²) in [6.07, 6.45) is 2.70. The van der Waals surface area contributed by atoms with Gasteiger partial charge in [0.05, 0.1) is 32.0 Å². The van der Waals surface area contributed by atoms with E-state index in [1.807, 2.05) is 30.3 Å². The molecule has 2 heterocycles. The Morgan fingerprint density at radius 2 is 2.25 bits per heavy atom. The Hall–Kier alpha value is -2.38. The van der Waals surface area contributed by atoms with Crippen LogP contribution >= 0.6 is 0 Å². The SMILES string of the molecule is O=C(OCc1ccccc1)N1CCOC(CNCc2cnco2)C1. The van der Waals surface area contributed by atoms with Crippen LogP contribution in [0.5, 0.6) is 0 Å². The molecule has 0 aliphatic carbocycles. The number of benzene rings is 1. The highest BCUT2D eigenvalue weighted by Crippen LogP contribution is 2.09. The number of morpholine rings is 1. The summed E-state index contributed by atoms with van der Waals surface area (Å²) >= 11 is 0. The van der Waals surface area contributed by atoms with Gasteiger partial charge < -0.3 is 24.1 Å². The molecule has 128 valence electrons. The van der Waals surface area contributed by atoms with Crippen LogP contribution in [0.1, 0.15) is 11.3 Å². The van der Waals surface area contributed by atoms with Crippen molar-refractivity contribution in [3.63, 3.8) is 0 Å². The van der Waals surface area contributed by atoms with Gasteiger partial charge in [0, 0.05) is 13.1 Å². The van der Waals surface area contributed by atoms with Gasteiger partial charge in [-0.05, 0) is 5.56 Å². The highest BCUT2D eigenvalue weighted by Gasteiger charge is 2.25. The Kier molecular flexibility index (Phi) is 5.81. The molecule has 0 bridgehead atoms.